The van der Waals surface area contributed by atoms with Crippen LogP contribution in [0, 0.1) is 12.7 Å². The highest BCUT2D eigenvalue weighted by molar-refractivity contribution is 6.39. The summed E-state index contributed by atoms with van der Waals surface area (Å²) < 4.78 is 14.5. The van der Waals surface area contributed by atoms with E-state index >= 15 is 0 Å². The van der Waals surface area contributed by atoms with Gasteiger partial charge in [-0.25, -0.2) is 4.39 Å². The van der Waals surface area contributed by atoms with Crippen molar-refractivity contribution >= 4 is 22.9 Å². The molecule has 6 heteroatoms. The van der Waals surface area contributed by atoms with Crippen molar-refractivity contribution in [1.29, 1.82) is 0 Å². The Balaban J connectivity index is 0.00000210. The molecule has 0 bridgehead atoms. The van der Waals surface area contributed by atoms with Crippen molar-refractivity contribution < 1.29 is 9.18 Å². The Labute approximate surface area is 210 Å². The number of para-hydroxylation sites is 1. The van der Waals surface area contributed by atoms with E-state index in [9.17, 15) is 9.18 Å². The SMILES string of the molecule is C=C(CCNC(=O)C1=NN(CCCCC)C(c2ccccc2F)C1)c1cccc(C)c1NC.CC. The third-order valence-electron chi connectivity index (χ3n) is 6.13. The highest BCUT2D eigenvalue weighted by Gasteiger charge is 2.32. The molecule has 0 fully saturated rings. The number of carbonyl (C=O) groups excluding carboxylic acids is 1. The Morgan fingerprint density at radius 2 is 1.91 bits per heavy atom. The molecule has 2 aromatic rings. The number of hydrogen-bond donors (Lipinski definition) is 2. The van der Waals surface area contributed by atoms with E-state index in [0.29, 0.717) is 37.2 Å². The number of hydrazone groups is 1. The van der Waals surface area contributed by atoms with Crippen LogP contribution in [0.4, 0.5) is 10.1 Å². The molecule has 1 aliphatic heterocycles. The van der Waals surface area contributed by atoms with Gasteiger partial charge in [-0.15, -0.1) is 0 Å². The van der Waals surface area contributed by atoms with Gasteiger partial charge in [0, 0.05) is 43.4 Å². The zero-order valence-corrected chi connectivity index (χ0v) is 22.0. The van der Waals surface area contributed by atoms with Gasteiger partial charge in [-0.05, 0) is 37.0 Å². The average molecular weight is 481 g/mol. The molecular formula is C29H41FN4O. The molecule has 35 heavy (non-hydrogen) atoms. The third kappa shape index (κ3) is 7.41. The van der Waals surface area contributed by atoms with Gasteiger partial charge in [0.2, 0.25) is 0 Å². The summed E-state index contributed by atoms with van der Waals surface area (Å²) in [6, 6.07) is 12.6. The number of amides is 1. The van der Waals surface area contributed by atoms with E-state index < -0.39 is 0 Å². The topological polar surface area (TPSA) is 56.7 Å². The number of halogens is 1. The first-order chi connectivity index (χ1) is 17.0. The van der Waals surface area contributed by atoms with Crippen LogP contribution in [0.5, 0.6) is 0 Å². The van der Waals surface area contributed by atoms with E-state index in [0.717, 1.165) is 41.6 Å². The summed E-state index contributed by atoms with van der Waals surface area (Å²) in [6.07, 6.45) is 4.17. The number of rotatable bonds is 11. The molecular weight excluding hydrogens is 439 g/mol. The van der Waals surface area contributed by atoms with Crippen molar-refractivity contribution in [2.24, 2.45) is 5.10 Å². The van der Waals surface area contributed by atoms with Crippen LogP contribution in [0.25, 0.3) is 5.57 Å². The number of anilines is 1. The molecule has 0 saturated heterocycles. The predicted octanol–water partition coefficient (Wildman–Crippen LogP) is 6.71. The maximum atomic E-state index is 14.5. The summed E-state index contributed by atoms with van der Waals surface area (Å²) in [7, 11) is 1.90. The van der Waals surface area contributed by atoms with Gasteiger partial charge in [-0.3, -0.25) is 9.80 Å². The van der Waals surface area contributed by atoms with Crippen LogP contribution >= 0.6 is 0 Å². The van der Waals surface area contributed by atoms with Crippen molar-refractivity contribution in [2.75, 3.05) is 25.5 Å². The van der Waals surface area contributed by atoms with Gasteiger partial charge in [0.05, 0.1) is 6.04 Å². The van der Waals surface area contributed by atoms with Crippen LogP contribution in [0.15, 0.2) is 54.1 Å². The molecule has 1 aliphatic rings. The van der Waals surface area contributed by atoms with Crippen LogP contribution < -0.4 is 10.6 Å². The molecule has 0 saturated carbocycles. The number of benzene rings is 2. The molecule has 1 unspecified atom stereocenters. The molecule has 2 N–H and O–H groups in total. The number of carbonyl (C=O) groups is 1. The lowest BCUT2D eigenvalue weighted by Gasteiger charge is -2.24. The maximum absolute atomic E-state index is 14.5. The lowest BCUT2D eigenvalue weighted by Crippen LogP contribution is -2.31. The number of nitrogens with zero attached hydrogens (tertiary/aromatic N) is 2. The number of nitrogens with one attached hydrogen (secondary N) is 2. The second kappa shape index (κ2) is 14.3. The van der Waals surface area contributed by atoms with E-state index in [2.05, 4.69) is 42.2 Å². The van der Waals surface area contributed by atoms with Gasteiger partial charge in [-0.2, -0.15) is 5.10 Å². The molecule has 3 rings (SSSR count). The summed E-state index contributed by atoms with van der Waals surface area (Å²) in [5.41, 5.74) is 5.28. The fourth-order valence-corrected chi connectivity index (χ4v) is 4.30. The molecule has 1 heterocycles. The highest BCUT2D eigenvalue weighted by Crippen LogP contribution is 2.32. The quantitative estimate of drug-likeness (QED) is 0.351. The van der Waals surface area contributed by atoms with Crippen LogP contribution in [0.3, 0.4) is 0 Å². The molecule has 1 amide bonds. The monoisotopic (exact) mass is 480 g/mol. The summed E-state index contributed by atoms with van der Waals surface area (Å²) in [5, 5.41) is 12.7. The first kappa shape index (κ1) is 28.1. The Hall–Kier alpha value is -3.15. The first-order valence-electron chi connectivity index (χ1n) is 12.8. The van der Waals surface area contributed by atoms with Crippen LogP contribution in [0.2, 0.25) is 0 Å². The van der Waals surface area contributed by atoms with Gasteiger partial charge < -0.3 is 10.6 Å². The van der Waals surface area contributed by atoms with E-state index in [1.54, 1.807) is 12.1 Å². The Morgan fingerprint density at radius 3 is 2.60 bits per heavy atom. The standard InChI is InChI=1S/C27H35FN4O.C2H6/c1-5-6-9-17-32-25(22-12-7-8-14-23(22)28)18-24(31-32)27(33)30-16-15-19(2)21-13-10-11-20(3)26(21)29-4;1-2/h7-8,10-14,25,29H,2,5-6,9,15-18H2,1,3-4H3,(H,30,33);1-2H3. The van der Waals surface area contributed by atoms with Crippen molar-refractivity contribution in [3.63, 3.8) is 0 Å². The molecule has 0 aliphatic carbocycles. The Kier molecular flexibility index (Phi) is 11.5. The Bertz CT molecular complexity index is 1020. The van der Waals surface area contributed by atoms with Crippen molar-refractivity contribution in [3.8, 4) is 0 Å². The van der Waals surface area contributed by atoms with E-state index in [4.69, 9.17) is 0 Å². The first-order valence-corrected chi connectivity index (χ1v) is 12.8. The lowest BCUT2D eigenvalue weighted by atomic mass is 9.99. The van der Waals surface area contributed by atoms with E-state index in [-0.39, 0.29) is 17.8 Å². The van der Waals surface area contributed by atoms with Gasteiger partial charge >= 0.3 is 0 Å². The summed E-state index contributed by atoms with van der Waals surface area (Å²) in [5.74, 6) is -0.449. The fraction of sp³-hybridized carbons (Fsp3) is 0.448. The molecule has 0 spiro atoms. The molecule has 1 atom stereocenters. The second-order valence-corrected chi connectivity index (χ2v) is 8.52. The van der Waals surface area contributed by atoms with Crippen molar-refractivity contribution in [3.05, 3.63) is 71.6 Å². The normalized spacial score (nSPS) is 14.6. The fourth-order valence-electron chi connectivity index (χ4n) is 4.30. The van der Waals surface area contributed by atoms with Crippen LogP contribution in [0.1, 0.15) is 75.6 Å². The van der Waals surface area contributed by atoms with Gasteiger partial charge in [0.15, 0.2) is 0 Å². The van der Waals surface area contributed by atoms with Gasteiger partial charge in [-0.1, -0.05) is 76.6 Å². The molecule has 2 aromatic carbocycles. The predicted molar refractivity (Wildman–Crippen MR) is 146 cm³/mol. The molecule has 0 radical (unpaired) electrons. The molecule has 190 valence electrons. The summed E-state index contributed by atoms with van der Waals surface area (Å²) >= 11 is 0. The zero-order valence-electron chi connectivity index (χ0n) is 22.0. The number of unbranched alkanes of at least 4 members (excludes halogenated alkanes) is 2. The lowest BCUT2D eigenvalue weighted by molar-refractivity contribution is -0.114. The van der Waals surface area contributed by atoms with Crippen LogP contribution in [-0.4, -0.2) is 36.8 Å². The van der Waals surface area contributed by atoms with Gasteiger partial charge in [0.1, 0.15) is 11.5 Å². The maximum Gasteiger partial charge on any atom is 0.267 e. The second-order valence-electron chi connectivity index (χ2n) is 8.52. The Morgan fingerprint density at radius 1 is 1.17 bits per heavy atom. The minimum Gasteiger partial charge on any atom is -0.387 e. The molecule has 0 aromatic heterocycles. The van der Waals surface area contributed by atoms with Crippen LogP contribution in [-0.2, 0) is 4.79 Å². The summed E-state index contributed by atoms with van der Waals surface area (Å²) in [4.78, 5) is 12.9. The van der Waals surface area contributed by atoms with E-state index in [1.165, 1.54) is 6.07 Å². The smallest absolute Gasteiger partial charge is 0.267 e. The van der Waals surface area contributed by atoms with Crippen molar-refractivity contribution in [1.82, 2.24) is 10.3 Å². The number of hydrogen-bond acceptors (Lipinski definition) is 4. The third-order valence-corrected chi connectivity index (χ3v) is 6.13. The summed E-state index contributed by atoms with van der Waals surface area (Å²) in [6.45, 7) is 13.6. The average Bonchev–Trinajstić information content (AvgIpc) is 3.29. The molecule has 5 nitrogen and oxygen atoms in total. The minimum atomic E-state index is -0.255. The van der Waals surface area contributed by atoms with Gasteiger partial charge in [0.25, 0.3) is 5.91 Å². The van der Waals surface area contributed by atoms with E-state index in [1.807, 2.05) is 44.1 Å². The largest absolute Gasteiger partial charge is 0.387 e. The highest BCUT2D eigenvalue weighted by atomic mass is 19.1. The number of aryl methyl sites for hydroxylation is 1. The minimum absolute atomic E-state index is 0.194. The van der Waals surface area contributed by atoms with Crippen molar-refractivity contribution in [2.45, 2.75) is 65.8 Å². The zero-order chi connectivity index (χ0) is 25.8.